The topological polar surface area (TPSA) is 76.1 Å². The lowest BCUT2D eigenvalue weighted by atomic mass is 10.0. The fraction of sp³-hybridized carbons (Fsp3) is 0.615. The van der Waals surface area contributed by atoms with E-state index in [4.69, 9.17) is 4.74 Å². The molecule has 1 rings (SSSR count). The maximum Gasteiger partial charge on any atom is 0.328 e. The van der Waals surface area contributed by atoms with Gasteiger partial charge in [-0.25, -0.2) is 9.78 Å². The predicted molar refractivity (Wildman–Crippen MR) is 75.2 cm³/mol. The van der Waals surface area contributed by atoms with E-state index in [1.807, 2.05) is 6.92 Å². The van der Waals surface area contributed by atoms with Gasteiger partial charge >= 0.3 is 5.97 Å². The van der Waals surface area contributed by atoms with Gasteiger partial charge in [-0.1, -0.05) is 13.8 Å². The Bertz CT molecular complexity index is 435. The van der Waals surface area contributed by atoms with Crippen molar-refractivity contribution in [1.82, 2.24) is 9.97 Å². The summed E-state index contributed by atoms with van der Waals surface area (Å²) in [6.45, 7) is 6.01. The van der Waals surface area contributed by atoms with Crippen LogP contribution in [0.3, 0.4) is 0 Å². The van der Waals surface area contributed by atoms with Gasteiger partial charge in [0.25, 0.3) is 0 Å². The van der Waals surface area contributed by atoms with Crippen LogP contribution in [0.2, 0.25) is 0 Å². The molecule has 0 aliphatic carbocycles. The highest BCUT2D eigenvalue weighted by Gasteiger charge is 2.21. The number of nitrogens with zero attached hydrogens (tertiary/aromatic N) is 2. The first-order valence-corrected chi connectivity index (χ1v) is 6.33. The summed E-state index contributed by atoms with van der Waals surface area (Å²) in [5.41, 5.74) is 0.886. The highest BCUT2D eigenvalue weighted by molar-refractivity contribution is 5.79. The van der Waals surface area contributed by atoms with Crippen molar-refractivity contribution in [1.29, 1.82) is 0 Å². The fourth-order valence-corrected chi connectivity index (χ4v) is 1.70. The number of carbonyl (C=O) groups is 1. The minimum absolute atomic E-state index is 0.280. The number of aromatic nitrogens is 2. The number of hydrogen-bond acceptors (Lipinski definition) is 6. The zero-order valence-electron chi connectivity index (χ0n) is 12.2. The van der Waals surface area contributed by atoms with Crippen molar-refractivity contribution in [3.8, 4) is 0 Å². The lowest BCUT2D eigenvalue weighted by Gasteiger charge is -2.20. The van der Waals surface area contributed by atoms with Gasteiger partial charge in [-0.2, -0.15) is 4.98 Å². The Morgan fingerprint density at radius 3 is 2.68 bits per heavy atom. The molecular weight excluding hydrogens is 244 g/mol. The predicted octanol–water partition coefficient (Wildman–Crippen LogP) is 1.83. The first-order chi connectivity index (χ1) is 8.97. The van der Waals surface area contributed by atoms with Crippen LogP contribution in [0, 0.1) is 12.8 Å². The van der Waals surface area contributed by atoms with Crippen LogP contribution in [-0.2, 0) is 9.53 Å². The van der Waals surface area contributed by atoms with E-state index in [9.17, 15) is 4.79 Å². The third-order valence-electron chi connectivity index (χ3n) is 2.70. The molecule has 0 fully saturated rings. The van der Waals surface area contributed by atoms with Crippen LogP contribution in [0.25, 0.3) is 0 Å². The number of methoxy groups -OCH3 is 1. The molecule has 1 aromatic rings. The summed E-state index contributed by atoms with van der Waals surface area (Å²) in [4.78, 5) is 20.2. The molecule has 6 nitrogen and oxygen atoms in total. The van der Waals surface area contributed by atoms with Crippen LogP contribution in [0.4, 0.5) is 11.8 Å². The second kappa shape index (κ2) is 6.92. The molecule has 0 bridgehead atoms. The first kappa shape index (κ1) is 15.2. The molecular formula is C13H22N4O2. The average Bonchev–Trinajstić information content (AvgIpc) is 2.38. The fourth-order valence-electron chi connectivity index (χ4n) is 1.70. The molecule has 1 unspecified atom stereocenters. The van der Waals surface area contributed by atoms with Gasteiger partial charge in [0, 0.05) is 18.8 Å². The summed E-state index contributed by atoms with van der Waals surface area (Å²) in [5.74, 6) is 1.26. The number of rotatable bonds is 6. The summed E-state index contributed by atoms with van der Waals surface area (Å²) in [7, 11) is 3.14. The maximum absolute atomic E-state index is 11.8. The van der Waals surface area contributed by atoms with Gasteiger partial charge in [-0.3, -0.25) is 0 Å². The monoisotopic (exact) mass is 266 g/mol. The van der Waals surface area contributed by atoms with E-state index in [1.165, 1.54) is 7.11 Å². The highest BCUT2D eigenvalue weighted by Crippen LogP contribution is 2.17. The number of ether oxygens (including phenoxy) is 1. The summed E-state index contributed by atoms with van der Waals surface area (Å²) >= 11 is 0. The Kier molecular flexibility index (Phi) is 5.54. The van der Waals surface area contributed by atoms with Gasteiger partial charge in [-0.15, -0.1) is 0 Å². The van der Waals surface area contributed by atoms with Gasteiger partial charge in [0.1, 0.15) is 11.9 Å². The molecule has 19 heavy (non-hydrogen) atoms. The van der Waals surface area contributed by atoms with E-state index in [0.29, 0.717) is 24.1 Å². The molecule has 0 aliphatic rings. The van der Waals surface area contributed by atoms with E-state index in [-0.39, 0.29) is 5.97 Å². The second-order valence-corrected chi connectivity index (χ2v) is 4.82. The van der Waals surface area contributed by atoms with Crippen LogP contribution in [0.15, 0.2) is 6.20 Å². The van der Waals surface area contributed by atoms with Gasteiger partial charge in [0.15, 0.2) is 0 Å². The molecule has 0 saturated heterocycles. The summed E-state index contributed by atoms with van der Waals surface area (Å²) in [5, 5.41) is 6.01. The Morgan fingerprint density at radius 1 is 1.47 bits per heavy atom. The smallest absolute Gasteiger partial charge is 0.328 e. The maximum atomic E-state index is 11.8. The largest absolute Gasteiger partial charge is 0.467 e. The van der Waals surface area contributed by atoms with E-state index in [0.717, 1.165) is 5.56 Å². The van der Waals surface area contributed by atoms with Crippen molar-refractivity contribution < 1.29 is 9.53 Å². The number of carbonyl (C=O) groups excluding carboxylic acids is 1. The van der Waals surface area contributed by atoms with E-state index >= 15 is 0 Å². The molecule has 0 spiro atoms. The van der Waals surface area contributed by atoms with E-state index in [2.05, 4.69) is 34.4 Å². The molecule has 2 N–H and O–H groups in total. The van der Waals surface area contributed by atoms with Crippen molar-refractivity contribution in [3.63, 3.8) is 0 Å². The quantitative estimate of drug-likeness (QED) is 0.765. The number of hydrogen-bond donors (Lipinski definition) is 2. The highest BCUT2D eigenvalue weighted by atomic mass is 16.5. The Hall–Kier alpha value is -1.85. The zero-order chi connectivity index (χ0) is 14.4. The van der Waals surface area contributed by atoms with Crippen molar-refractivity contribution in [2.24, 2.45) is 5.92 Å². The molecule has 106 valence electrons. The summed E-state index contributed by atoms with van der Waals surface area (Å²) < 4.78 is 4.82. The average molecular weight is 266 g/mol. The number of nitrogens with one attached hydrogen (secondary N) is 2. The molecule has 0 aliphatic heterocycles. The van der Waals surface area contributed by atoms with E-state index < -0.39 is 6.04 Å². The van der Waals surface area contributed by atoms with Crippen molar-refractivity contribution in [3.05, 3.63) is 11.8 Å². The molecule has 1 heterocycles. The van der Waals surface area contributed by atoms with Crippen molar-refractivity contribution >= 4 is 17.7 Å². The van der Waals surface area contributed by atoms with Crippen LogP contribution in [0.1, 0.15) is 25.8 Å². The Labute approximate surface area is 114 Å². The number of aryl methyl sites for hydroxylation is 1. The number of anilines is 2. The van der Waals surface area contributed by atoms with Gasteiger partial charge in [0.05, 0.1) is 7.11 Å². The van der Waals surface area contributed by atoms with E-state index in [1.54, 1.807) is 13.2 Å². The standard InChI is InChI=1S/C13H22N4O2/c1-8(2)6-10(12(18)19-5)16-11-9(3)7-15-13(14-4)17-11/h7-8,10H,6H2,1-5H3,(H2,14,15,16,17). The molecule has 6 heteroatoms. The molecule has 1 aromatic heterocycles. The van der Waals surface area contributed by atoms with Crippen molar-refractivity contribution in [2.45, 2.75) is 33.2 Å². The van der Waals surface area contributed by atoms with Crippen LogP contribution < -0.4 is 10.6 Å². The lowest BCUT2D eigenvalue weighted by molar-refractivity contribution is -0.141. The van der Waals surface area contributed by atoms with Crippen LogP contribution in [-0.4, -0.2) is 36.1 Å². The van der Waals surface area contributed by atoms with Crippen LogP contribution >= 0.6 is 0 Å². The molecule has 0 amide bonds. The normalized spacial score (nSPS) is 12.1. The second-order valence-electron chi connectivity index (χ2n) is 4.82. The van der Waals surface area contributed by atoms with Gasteiger partial charge in [-0.05, 0) is 19.3 Å². The van der Waals surface area contributed by atoms with Gasteiger partial charge < -0.3 is 15.4 Å². The zero-order valence-corrected chi connectivity index (χ0v) is 12.2. The van der Waals surface area contributed by atoms with Gasteiger partial charge in [0.2, 0.25) is 5.95 Å². The molecule has 0 aromatic carbocycles. The lowest BCUT2D eigenvalue weighted by Crippen LogP contribution is -2.32. The van der Waals surface area contributed by atoms with Crippen LogP contribution in [0.5, 0.6) is 0 Å². The molecule has 1 atom stereocenters. The third-order valence-corrected chi connectivity index (χ3v) is 2.70. The Balaban J connectivity index is 2.91. The molecule has 0 radical (unpaired) electrons. The minimum atomic E-state index is -0.400. The minimum Gasteiger partial charge on any atom is -0.467 e. The summed E-state index contributed by atoms with van der Waals surface area (Å²) in [6.07, 6.45) is 2.40. The summed E-state index contributed by atoms with van der Waals surface area (Å²) in [6, 6.07) is -0.400. The first-order valence-electron chi connectivity index (χ1n) is 6.33. The SMILES string of the molecule is CNc1ncc(C)c(NC(CC(C)C)C(=O)OC)n1. The molecule has 0 saturated carbocycles. The van der Waals surface area contributed by atoms with Crippen molar-refractivity contribution in [2.75, 3.05) is 24.8 Å². The number of esters is 1. The Morgan fingerprint density at radius 2 is 2.16 bits per heavy atom. The third kappa shape index (κ3) is 4.39.